The number of rotatable bonds is 4. The van der Waals surface area contributed by atoms with Gasteiger partial charge in [0.1, 0.15) is 5.65 Å². The van der Waals surface area contributed by atoms with E-state index in [0.717, 1.165) is 35.1 Å². The van der Waals surface area contributed by atoms with Gasteiger partial charge in [-0.05, 0) is 35.6 Å². The first-order valence-corrected chi connectivity index (χ1v) is 8.50. The van der Waals surface area contributed by atoms with E-state index in [4.69, 9.17) is 4.74 Å². The maximum Gasteiger partial charge on any atom is 0.338 e. The van der Waals surface area contributed by atoms with Crippen molar-refractivity contribution in [1.29, 1.82) is 0 Å². The van der Waals surface area contributed by atoms with Gasteiger partial charge < -0.3 is 4.74 Å². The molecule has 126 valence electrons. The number of benzene rings is 1. The van der Waals surface area contributed by atoms with Crippen molar-refractivity contribution in [2.75, 3.05) is 6.61 Å². The number of carbonyl (C=O) groups is 1. The second-order valence-corrected chi connectivity index (χ2v) is 7.17. The zero-order valence-corrected chi connectivity index (χ0v) is 14.8. The summed E-state index contributed by atoms with van der Waals surface area (Å²) in [6.07, 6.45) is 3.91. The molecule has 0 radical (unpaired) electrons. The van der Waals surface area contributed by atoms with Crippen molar-refractivity contribution in [3.05, 3.63) is 47.7 Å². The van der Waals surface area contributed by atoms with Gasteiger partial charge in [0.15, 0.2) is 0 Å². The van der Waals surface area contributed by atoms with Crippen LogP contribution < -0.4 is 0 Å². The summed E-state index contributed by atoms with van der Waals surface area (Å²) in [4.78, 5) is 17.2. The molecule has 0 aliphatic carbocycles. The molecule has 0 atom stereocenters. The van der Waals surface area contributed by atoms with Crippen molar-refractivity contribution in [3.8, 4) is 0 Å². The lowest BCUT2D eigenvalue weighted by Gasteiger charge is -2.22. The summed E-state index contributed by atoms with van der Waals surface area (Å²) < 4.78 is 7.51. The summed E-state index contributed by atoms with van der Waals surface area (Å²) >= 11 is 0. The van der Waals surface area contributed by atoms with E-state index in [9.17, 15) is 4.79 Å². The first-order valence-electron chi connectivity index (χ1n) is 8.50. The Morgan fingerprint density at radius 1 is 1.25 bits per heavy atom. The molecular formula is C20H24N2O2. The van der Waals surface area contributed by atoms with Gasteiger partial charge in [-0.2, -0.15) is 0 Å². The van der Waals surface area contributed by atoms with E-state index >= 15 is 0 Å². The third-order valence-corrected chi connectivity index (χ3v) is 4.20. The van der Waals surface area contributed by atoms with Crippen LogP contribution in [0.3, 0.4) is 0 Å². The number of fused-ring (bicyclic) bond motifs is 3. The number of esters is 1. The van der Waals surface area contributed by atoms with Gasteiger partial charge in [0.05, 0.1) is 23.2 Å². The van der Waals surface area contributed by atoms with Crippen LogP contribution in [0.4, 0.5) is 0 Å². The van der Waals surface area contributed by atoms with Gasteiger partial charge >= 0.3 is 5.97 Å². The number of carbonyl (C=O) groups excluding carboxylic acids is 1. The fourth-order valence-corrected chi connectivity index (χ4v) is 2.86. The molecular weight excluding hydrogens is 300 g/mol. The van der Waals surface area contributed by atoms with Gasteiger partial charge in [-0.1, -0.05) is 46.2 Å². The Morgan fingerprint density at radius 2 is 2.00 bits per heavy atom. The first kappa shape index (κ1) is 16.5. The van der Waals surface area contributed by atoms with E-state index in [-0.39, 0.29) is 11.4 Å². The van der Waals surface area contributed by atoms with E-state index < -0.39 is 0 Å². The maximum absolute atomic E-state index is 12.6. The molecule has 2 aromatic heterocycles. The van der Waals surface area contributed by atoms with Crippen LogP contribution in [0.5, 0.6) is 0 Å². The molecule has 4 heteroatoms. The number of hydrogen-bond acceptors (Lipinski definition) is 3. The van der Waals surface area contributed by atoms with Crippen molar-refractivity contribution in [2.24, 2.45) is 0 Å². The molecule has 1 aromatic carbocycles. The third kappa shape index (κ3) is 3.01. The zero-order valence-electron chi connectivity index (χ0n) is 14.8. The predicted octanol–water partition coefficient (Wildman–Crippen LogP) is 4.74. The zero-order chi connectivity index (χ0) is 17.3. The summed E-state index contributed by atoms with van der Waals surface area (Å²) in [7, 11) is 0. The summed E-state index contributed by atoms with van der Waals surface area (Å²) in [5, 5.41) is 0. The maximum atomic E-state index is 12.6. The molecule has 0 amide bonds. The quantitative estimate of drug-likeness (QED) is 0.514. The van der Waals surface area contributed by atoms with Crippen LogP contribution in [-0.4, -0.2) is 22.0 Å². The Kier molecular flexibility index (Phi) is 4.31. The summed E-state index contributed by atoms with van der Waals surface area (Å²) in [5.41, 5.74) is 4.16. The number of imidazole rings is 1. The van der Waals surface area contributed by atoms with Crippen LogP contribution in [0.2, 0.25) is 0 Å². The minimum absolute atomic E-state index is 0.168. The lowest BCUT2D eigenvalue weighted by Crippen LogP contribution is -2.19. The minimum atomic E-state index is -0.261. The minimum Gasteiger partial charge on any atom is -0.462 e. The average Bonchev–Trinajstić information content (AvgIpc) is 2.90. The molecule has 2 heterocycles. The first-order chi connectivity index (χ1) is 11.4. The van der Waals surface area contributed by atoms with Gasteiger partial charge in [-0.25, -0.2) is 9.78 Å². The Hall–Kier alpha value is -2.36. The Labute approximate surface area is 142 Å². The molecule has 0 aliphatic rings. The number of pyridine rings is 1. The van der Waals surface area contributed by atoms with E-state index in [0.29, 0.717) is 12.2 Å². The highest BCUT2D eigenvalue weighted by molar-refractivity contribution is 5.93. The number of ether oxygens (including phenoxy) is 1. The predicted molar refractivity (Wildman–Crippen MR) is 96.6 cm³/mol. The number of hydrogen-bond donors (Lipinski definition) is 0. The second-order valence-electron chi connectivity index (χ2n) is 7.17. The molecule has 3 aromatic rings. The highest BCUT2D eigenvalue weighted by Gasteiger charge is 2.24. The van der Waals surface area contributed by atoms with Gasteiger partial charge in [0, 0.05) is 6.20 Å². The van der Waals surface area contributed by atoms with Crippen molar-refractivity contribution >= 4 is 22.6 Å². The Bertz CT molecular complexity index is 888. The molecule has 0 N–H and O–H groups in total. The molecule has 0 bridgehead atoms. The van der Waals surface area contributed by atoms with Gasteiger partial charge in [-0.15, -0.1) is 0 Å². The molecule has 0 aliphatic heterocycles. The highest BCUT2D eigenvalue weighted by Crippen LogP contribution is 2.29. The number of unbranched alkanes of at least 4 members (excludes halogenated alkanes) is 1. The standard InChI is InChI=1S/C20H24N2O2/c1-5-6-11-24-19(23)14-12-18-21-16-9-7-8-10-17(16)22(18)13-15(14)20(2,3)4/h7-10,12-13H,5-6,11H2,1-4H3. The smallest absolute Gasteiger partial charge is 0.338 e. The number of para-hydroxylation sites is 2. The topological polar surface area (TPSA) is 43.6 Å². The molecule has 3 rings (SSSR count). The van der Waals surface area contributed by atoms with E-state index in [1.807, 2.05) is 36.5 Å². The van der Waals surface area contributed by atoms with Gasteiger partial charge in [0.2, 0.25) is 0 Å². The Balaban J connectivity index is 2.16. The lowest BCUT2D eigenvalue weighted by atomic mass is 9.85. The van der Waals surface area contributed by atoms with Crippen LogP contribution in [0.1, 0.15) is 56.5 Å². The average molecular weight is 324 g/mol. The summed E-state index contributed by atoms with van der Waals surface area (Å²) in [5.74, 6) is -0.261. The monoisotopic (exact) mass is 324 g/mol. The van der Waals surface area contributed by atoms with Crippen LogP contribution in [0, 0.1) is 0 Å². The van der Waals surface area contributed by atoms with E-state index in [1.165, 1.54) is 0 Å². The largest absolute Gasteiger partial charge is 0.462 e. The highest BCUT2D eigenvalue weighted by atomic mass is 16.5. The summed E-state index contributed by atoms with van der Waals surface area (Å²) in [6.45, 7) is 8.86. The van der Waals surface area contributed by atoms with Crippen LogP contribution >= 0.6 is 0 Å². The van der Waals surface area contributed by atoms with Crippen molar-refractivity contribution < 1.29 is 9.53 Å². The van der Waals surface area contributed by atoms with Crippen LogP contribution in [0.15, 0.2) is 36.5 Å². The Morgan fingerprint density at radius 3 is 2.71 bits per heavy atom. The van der Waals surface area contributed by atoms with Crippen LogP contribution in [0.25, 0.3) is 16.7 Å². The van der Waals surface area contributed by atoms with E-state index in [1.54, 1.807) is 0 Å². The SMILES string of the molecule is CCCCOC(=O)c1cc2nc3ccccc3n2cc1C(C)(C)C. The number of nitrogens with zero attached hydrogens (tertiary/aromatic N) is 2. The molecule has 24 heavy (non-hydrogen) atoms. The lowest BCUT2D eigenvalue weighted by molar-refractivity contribution is 0.0497. The molecule has 4 nitrogen and oxygen atoms in total. The van der Waals surface area contributed by atoms with Crippen molar-refractivity contribution in [1.82, 2.24) is 9.38 Å². The van der Waals surface area contributed by atoms with Crippen molar-refractivity contribution in [3.63, 3.8) is 0 Å². The van der Waals surface area contributed by atoms with Crippen LogP contribution in [-0.2, 0) is 10.2 Å². The molecule has 0 saturated carbocycles. The van der Waals surface area contributed by atoms with Gasteiger partial charge in [0.25, 0.3) is 0 Å². The molecule has 0 fully saturated rings. The molecule has 0 unspecified atom stereocenters. The van der Waals surface area contributed by atoms with Gasteiger partial charge in [-0.3, -0.25) is 4.40 Å². The molecule has 0 saturated heterocycles. The fraction of sp³-hybridized carbons (Fsp3) is 0.400. The van der Waals surface area contributed by atoms with Crippen molar-refractivity contribution in [2.45, 2.75) is 46.0 Å². The number of aromatic nitrogens is 2. The normalized spacial score (nSPS) is 12.0. The van der Waals surface area contributed by atoms with E-state index in [2.05, 4.69) is 37.1 Å². The molecule has 0 spiro atoms. The second kappa shape index (κ2) is 6.27. The summed E-state index contributed by atoms with van der Waals surface area (Å²) in [6, 6.07) is 9.85. The fourth-order valence-electron chi connectivity index (χ4n) is 2.86. The third-order valence-electron chi connectivity index (χ3n) is 4.20.